The Morgan fingerprint density at radius 2 is 1.35 bits per heavy atom. The summed E-state index contributed by atoms with van der Waals surface area (Å²) in [5.41, 5.74) is 2.96. The van der Waals surface area contributed by atoms with Gasteiger partial charge in [0, 0.05) is 16.3 Å². The molecular formula is C20H29NS2. The van der Waals surface area contributed by atoms with Gasteiger partial charge in [-0.3, -0.25) is 0 Å². The Hall–Kier alpha value is -0.800. The van der Waals surface area contributed by atoms with Crippen molar-refractivity contribution in [3.8, 4) is 0 Å². The number of unbranched alkanes of at least 4 members (excludes halogenated alkanes) is 3. The van der Waals surface area contributed by atoms with Crippen molar-refractivity contribution in [2.24, 2.45) is 0 Å². The third-order valence-corrected chi connectivity index (χ3v) is 7.64. The van der Waals surface area contributed by atoms with Gasteiger partial charge in [0.05, 0.1) is 20.4 Å². The fraction of sp³-hybridized carbons (Fsp3) is 0.600. The highest BCUT2D eigenvalue weighted by Gasteiger charge is 2.18. The van der Waals surface area contributed by atoms with Crippen LogP contribution < -0.4 is 0 Å². The van der Waals surface area contributed by atoms with E-state index in [1.54, 1.807) is 0 Å². The van der Waals surface area contributed by atoms with Gasteiger partial charge in [0.15, 0.2) is 0 Å². The average Bonchev–Trinajstić information content (AvgIpc) is 3.15. The lowest BCUT2D eigenvalue weighted by Crippen LogP contribution is -1.97. The highest BCUT2D eigenvalue weighted by molar-refractivity contribution is 7.27. The minimum atomic E-state index is 0.625. The van der Waals surface area contributed by atoms with Gasteiger partial charge < -0.3 is 4.57 Å². The third kappa shape index (κ3) is 3.23. The van der Waals surface area contributed by atoms with Gasteiger partial charge >= 0.3 is 0 Å². The van der Waals surface area contributed by atoms with Crippen molar-refractivity contribution in [1.82, 2.24) is 4.57 Å². The maximum atomic E-state index is 2.60. The van der Waals surface area contributed by atoms with Gasteiger partial charge in [-0.25, -0.2) is 0 Å². The first-order valence-electron chi connectivity index (χ1n) is 9.08. The molecule has 0 saturated heterocycles. The highest BCUT2D eigenvalue weighted by Crippen LogP contribution is 2.43. The molecule has 3 heterocycles. The molecule has 0 aliphatic heterocycles. The Labute approximate surface area is 148 Å². The van der Waals surface area contributed by atoms with Crippen molar-refractivity contribution < 1.29 is 0 Å². The van der Waals surface area contributed by atoms with Crippen LogP contribution in [-0.4, -0.2) is 4.57 Å². The number of fused-ring (bicyclic) bond motifs is 3. The maximum absolute atomic E-state index is 2.60. The van der Waals surface area contributed by atoms with Crippen LogP contribution in [0.25, 0.3) is 20.4 Å². The summed E-state index contributed by atoms with van der Waals surface area (Å²) in [6.45, 7) is 12.7. The van der Waals surface area contributed by atoms with Crippen molar-refractivity contribution >= 4 is 43.1 Å². The fourth-order valence-electron chi connectivity index (χ4n) is 3.16. The third-order valence-electron chi connectivity index (χ3n) is 4.62. The Kier molecular flexibility index (Phi) is 5.17. The zero-order valence-corrected chi connectivity index (χ0v) is 16.7. The van der Waals surface area contributed by atoms with Crippen LogP contribution >= 0.6 is 22.7 Å². The normalized spacial score (nSPS) is 12.5. The number of hydrogen-bond acceptors (Lipinski definition) is 2. The van der Waals surface area contributed by atoms with Gasteiger partial charge in [-0.15, -0.1) is 22.7 Å². The first-order chi connectivity index (χ1) is 11.0. The standard InChI is InChI=1S/C20H29NS2/c1-6-7-8-9-10-21-15-11-17(13(2)3)22-19(15)20-16(21)12-18(23-20)14(4)5/h11-14H,6-10H2,1-5H3. The number of aromatic nitrogens is 1. The van der Waals surface area contributed by atoms with Gasteiger partial charge in [-0.2, -0.15) is 0 Å². The minimum absolute atomic E-state index is 0.625. The van der Waals surface area contributed by atoms with Crippen molar-refractivity contribution in [2.45, 2.75) is 78.7 Å². The summed E-state index contributed by atoms with van der Waals surface area (Å²) in [6, 6.07) is 4.90. The molecule has 0 bridgehead atoms. The second kappa shape index (κ2) is 6.98. The Morgan fingerprint density at radius 1 is 0.826 bits per heavy atom. The molecule has 0 spiro atoms. The molecule has 0 aliphatic carbocycles. The molecule has 0 atom stereocenters. The molecule has 0 N–H and O–H groups in total. The second-order valence-corrected chi connectivity index (χ2v) is 9.42. The van der Waals surface area contributed by atoms with Crippen LogP contribution in [0.5, 0.6) is 0 Å². The van der Waals surface area contributed by atoms with E-state index in [0.717, 1.165) is 0 Å². The summed E-state index contributed by atoms with van der Waals surface area (Å²) < 4.78 is 5.65. The van der Waals surface area contributed by atoms with Crippen molar-refractivity contribution in [2.75, 3.05) is 0 Å². The molecule has 126 valence electrons. The van der Waals surface area contributed by atoms with E-state index in [0.29, 0.717) is 11.8 Å². The lowest BCUT2D eigenvalue weighted by atomic mass is 10.2. The van der Waals surface area contributed by atoms with Gasteiger partial charge in [0.25, 0.3) is 0 Å². The van der Waals surface area contributed by atoms with Gasteiger partial charge in [-0.05, 0) is 30.4 Å². The second-order valence-electron chi connectivity index (χ2n) is 7.25. The topological polar surface area (TPSA) is 4.93 Å². The predicted octanol–water partition coefficient (Wildman–Crippen LogP) is 7.74. The molecule has 0 fully saturated rings. The van der Waals surface area contributed by atoms with Gasteiger partial charge in [0.1, 0.15) is 0 Å². The predicted molar refractivity (Wildman–Crippen MR) is 108 cm³/mol. The fourth-order valence-corrected chi connectivity index (χ4v) is 5.64. The molecule has 1 nitrogen and oxygen atoms in total. The van der Waals surface area contributed by atoms with E-state index in [2.05, 4.69) is 51.3 Å². The summed E-state index contributed by atoms with van der Waals surface area (Å²) in [5, 5.41) is 0. The molecule has 3 aromatic heterocycles. The van der Waals surface area contributed by atoms with Crippen LogP contribution in [0.2, 0.25) is 0 Å². The van der Waals surface area contributed by atoms with E-state index in [-0.39, 0.29) is 0 Å². The summed E-state index contributed by atoms with van der Waals surface area (Å²) in [5.74, 6) is 1.25. The highest BCUT2D eigenvalue weighted by atomic mass is 32.1. The molecule has 0 radical (unpaired) electrons. The number of hydrogen-bond donors (Lipinski definition) is 0. The first kappa shape index (κ1) is 17.0. The van der Waals surface area contributed by atoms with Crippen LogP contribution in [-0.2, 0) is 6.54 Å². The van der Waals surface area contributed by atoms with Crippen molar-refractivity contribution in [3.63, 3.8) is 0 Å². The average molecular weight is 348 g/mol. The van der Waals surface area contributed by atoms with E-state index in [1.807, 2.05) is 22.7 Å². The minimum Gasteiger partial charge on any atom is -0.339 e. The maximum Gasteiger partial charge on any atom is 0.0703 e. The van der Waals surface area contributed by atoms with Crippen LogP contribution in [0.3, 0.4) is 0 Å². The molecular weight excluding hydrogens is 318 g/mol. The number of nitrogens with zero attached hydrogens (tertiary/aromatic N) is 1. The molecule has 3 heteroatoms. The first-order valence-corrected chi connectivity index (χ1v) is 10.7. The summed E-state index contributed by atoms with van der Waals surface area (Å²) >= 11 is 4.03. The largest absolute Gasteiger partial charge is 0.339 e. The molecule has 0 saturated carbocycles. The monoisotopic (exact) mass is 347 g/mol. The molecule has 0 amide bonds. The van der Waals surface area contributed by atoms with E-state index in [1.165, 1.54) is 62.4 Å². The summed E-state index contributed by atoms with van der Waals surface area (Å²) in [7, 11) is 0. The number of aryl methyl sites for hydroxylation is 1. The van der Waals surface area contributed by atoms with Gasteiger partial charge in [0.2, 0.25) is 0 Å². The molecule has 0 aromatic carbocycles. The molecule has 3 aromatic rings. The van der Waals surface area contributed by atoms with Crippen LogP contribution in [0, 0.1) is 0 Å². The van der Waals surface area contributed by atoms with Crippen LogP contribution in [0.4, 0.5) is 0 Å². The molecule has 3 rings (SSSR count). The van der Waals surface area contributed by atoms with E-state index in [4.69, 9.17) is 0 Å². The summed E-state index contributed by atoms with van der Waals surface area (Å²) in [6.07, 6.45) is 5.31. The number of thiophene rings is 2. The van der Waals surface area contributed by atoms with E-state index >= 15 is 0 Å². The van der Waals surface area contributed by atoms with Crippen molar-refractivity contribution in [1.29, 1.82) is 0 Å². The zero-order valence-electron chi connectivity index (χ0n) is 15.1. The Bertz CT molecular complexity index is 725. The zero-order chi connectivity index (χ0) is 16.6. The van der Waals surface area contributed by atoms with Gasteiger partial charge in [-0.1, -0.05) is 53.9 Å². The van der Waals surface area contributed by atoms with Crippen molar-refractivity contribution in [3.05, 3.63) is 21.9 Å². The van der Waals surface area contributed by atoms with Crippen LogP contribution in [0.1, 0.15) is 81.9 Å². The smallest absolute Gasteiger partial charge is 0.0703 e. The quantitative estimate of drug-likeness (QED) is 0.385. The Morgan fingerprint density at radius 3 is 1.78 bits per heavy atom. The number of rotatable bonds is 7. The lowest BCUT2D eigenvalue weighted by Gasteiger charge is -2.06. The van der Waals surface area contributed by atoms with Crippen LogP contribution in [0.15, 0.2) is 12.1 Å². The molecule has 23 heavy (non-hydrogen) atoms. The SMILES string of the molecule is CCCCCCn1c2cc(C(C)C)sc2c2sc(C(C)C)cc21. The Balaban J connectivity index is 2.06. The lowest BCUT2D eigenvalue weighted by molar-refractivity contribution is 0.602. The summed E-state index contributed by atoms with van der Waals surface area (Å²) in [4.78, 5) is 3.05. The molecule has 0 aliphatic rings. The van der Waals surface area contributed by atoms with E-state index in [9.17, 15) is 0 Å². The van der Waals surface area contributed by atoms with E-state index < -0.39 is 0 Å². The molecule has 0 unspecified atom stereocenters.